The molecule has 0 atom stereocenters. The fraction of sp³-hybridized carbons (Fsp3) is 0.286. The minimum Gasteiger partial charge on any atom is -0.375 e. The number of thioether (sulfide) groups is 1. The van der Waals surface area contributed by atoms with E-state index in [4.69, 9.17) is 4.74 Å². The van der Waals surface area contributed by atoms with Gasteiger partial charge in [-0.05, 0) is 31.5 Å². The van der Waals surface area contributed by atoms with Crippen molar-refractivity contribution in [3.8, 4) is 5.69 Å². The number of carbonyl (C=O) groups excluding carboxylic acids is 1. The summed E-state index contributed by atoms with van der Waals surface area (Å²) in [6.45, 7) is 4.45. The van der Waals surface area contributed by atoms with E-state index in [9.17, 15) is 4.79 Å². The maximum atomic E-state index is 11.8. The summed E-state index contributed by atoms with van der Waals surface area (Å²) in [6.07, 6.45) is 0. The summed E-state index contributed by atoms with van der Waals surface area (Å²) in [6, 6.07) is 16.6. The molecule has 3 aromatic rings. The molecule has 0 aliphatic carbocycles. The molecule has 1 amide bonds. The molecule has 0 aliphatic rings. The van der Waals surface area contributed by atoms with Crippen LogP contribution in [0.15, 0.2) is 53.7 Å². The molecule has 146 valence electrons. The smallest absolute Gasteiger partial charge is 0.246 e. The Balaban J connectivity index is 1.84. The van der Waals surface area contributed by atoms with Crippen LogP contribution in [-0.4, -0.2) is 34.4 Å². The second kappa shape index (κ2) is 9.52. The monoisotopic (exact) mass is 396 g/mol. The summed E-state index contributed by atoms with van der Waals surface area (Å²) in [5.41, 5.74) is 4.62. The van der Waals surface area contributed by atoms with E-state index in [-0.39, 0.29) is 19.1 Å². The van der Waals surface area contributed by atoms with Crippen molar-refractivity contribution in [3.63, 3.8) is 0 Å². The predicted molar refractivity (Wildman–Crippen MR) is 111 cm³/mol. The zero-order chi connectivity index (χ0) is 19.9. The van der Waals surface area contributed by atoms with Gasteiger partial charge in [-0.3, -0.25) is 9.36 Å². The van der Waals surface area contributed by atoms with Gasteiger partial charge in [-0.1, -0.05) is 59.3 Å². The molecule has 0 spiro atoms. The van der Waals surface area contributed by atoms with E-state index in [1.165, 1.54) is 23.8 Å². The Morgan fingerprint density at radius 1 is 1.11 bits per heavy atom. The molecule has 0 aliphatic heterocycles. The normalized spacial score (nSPS) is 10.8. The van der Waals surface area contributed by atoms with Crippen LogP contribution in [0.2, 0.25) is 0 Å². The van der Waals surface area contributed by atoms with Crippen LogP contribution in [0.4, 0.5) is 0 Å². The molecule has 1 N–H and O–H groups in total. The molecule has 0 fully saturated rings. The molecule has 1 heterocycles. The first-order valence-corrected chi connectivity index (χ1v) is 10.0. The fourth-order valence-corrected chi connectivity index (χ4v) is 3.68. The summed E-state index contributed by atoms with van der Waals surface area (Å²) in [4.78, 5) is 11.8. The summed E-state index contributed by atoms with van der Waals surface area (Å²) in [5.74, 6) is 1.29. The maximum Gasteiger partial charge on any atom is 0.246 e. The number of carbonyl (C=O) groups is 1. The first-order valence-electron chi connectivity index (χ1n) is 9.02. The van der Waals surface area contributed by atoms with Crippen molar-refractivity contribution >= 4 is 17.7 Å². The highest BCUT2D eigenvalue weighted by atomic mass is 32.2. The third kappa shape index (κ3) is 5.21. The maximum absolute atomic E-state index is 11.8. The number of amides is 1. The quantitative estimate of drug-likeness (QED) is 0.591. The van der Waals surface area contributed by atoms with Gasteiger partial charge in [0.1, 0.15) is 6.61 Å². The van der Waals surface area contributed by atoms with Crippen LogP contribution in [0, 0.1) is 13.8 Å². The molecule has 28 heavy (non-hydrogen) atoms. The number of nitrogens with zero attached hydrogens (tertiary/aromatic N) is 3. The van der Waals surface area contributed by atoms with Crippen molar-refractivity contribution < 1.29 is 9.53 Å². The Labute approximate surface area is 169 Å². The van der Waals surface area contributed by atoms with Gasteiger partial charge in [0.15, 0.2) is 11.0 Å². The van der Waals surface area contributed by atoms with E-state index in [1.54, 1.807) is 11.8 Å². The minimum absolute atomic E-state index is 0.0215. The molecule has 3 rings (SSSR count). The third-order valence-electron chi connectivity index (χ3n) is 4.16. The van der Waals surface area contributed by atoms with Crippen LogP contribution >= 0.6 is 11.8 Å². The molecule has 0 bridgehead atoms. The summed E-state index contributed by atoms with van der Waals surface area (Å²) < 4.78 is 6.86. The molecule has 0 saturated carbocycles. The van der Waals surface area contributed by atoms with Gasteiger partial charge in [0.2, 0.25) is 5.91 Å². The Morgan fingerprint density at radius 3 is 2.61 bits per heavy atom. The van der Waals surface area contributed by atoms with Gasteiger partial charge < -0.3 is 10.1 Å². The van der Waals surface area contributed by atoms with E-state index in [0.29, 0.717) is 5.82 Å². The molecule has 0 unspecified atom stereocenters. The molecular weight excluding hydrogens is 372 g/mol. The number of benzene rings is 2. The van der Waals surface area contributed by atoms with Gasteiger partial charge in [-0.15, -0.1) is 10.2 Å². The number of methoxy groups -OCH3 is 1. The highest BCUT2D eigenvalue weighted by Crippen LogP contribution is 2.25. The van der Waals surface area contributed by atoms with Crippen LogP contribution in [0.25, 0.3) is 5.69 Å². The Kier molecular flexibility index (Phi) is 6.84. The van der Waals surface area contributed by atoms with Crippen LogP contribution in [-0.2, 0) is 21.8 Å². The van der Waals surface area contributed by atoms with E-state index in [2.05, 4.69) is 65.8 Å². The third-order valence-corrected chi connectivity index (χ3v) is 5.16. The largest absolute Gasteiger partial charge is 0.375 e. The molecule has 0 radical (unpaired) electrons. The predicted octanol–water partition coefficient (Wildman–Crippen LogP) is 3.44. The second-order valence-corrected chi connectivity index (χ2v) is 7.50. The van der Waals surface area contributed by atoms with Gasteiger partial charge in [-0.2, -0.15) is 0 Å². The first kappa shape index (κ1) is 20.1. The lowest BCUT2D eigenvalue weighted by Gasteiger charge is -2.11. The Hall–Kier alpha value is -2.64. The van der Waals surface area contributed by atoms with Crippen LogP contribution < -0.4 is 5.32 Å². The van der Waals surface area contributed by atoms with Crippen LogP contribution in [0.5, 0.6) is 0 Å². The average Bonchev–Trinajstić information content (AvgIpc) is 3.08. The molecule has 6 nitrogen and oxygen atoms in total. The highest BCUT2D eigenvalue weighted by molar-refractivity contribution is 7.98. The van der Waals surface area contributed by atoms with Gasteiger partial charge in [0, 0.05) is 18.6 Å². The van der Waals surface area contributed by atoms with E-state index in [1.807, 2.05) is 16.7 Å². The minimum atomic E-state index is -0.185. The highest BCUT2D eigenvalue weighted by Gasteiger charge is 2.15. The lowest BCUT2D eigenvalue weighted by atomic mass is 10.2. The fourth-order valence-electron chi connectivity index (χ4n) is 2.77. The standard InChI is InChI=1S/C21H24N4O2S/c1-15-7-9-18(10-8-15)25-19(12-22-20(26)13-27-3)23-24-21(25)28-14-17-6-4-5-16(2)11-17/h4-11H,12-14H2,1-3H3,(H,22,26). The molecule has 2 aromatic carbocycles. The number of aromatic nitrogens is 3. The van der Waals surface area contributed by atoms with Gasteiger partial charge in [-0.25, -0.2) is 0 Å². The number of rotatable bonds is 8. The summed E-state index contributed by atoms with van der Waals surface area (Å²) in [5, 5.41) is 12.3. The zero-order valence-corrected chi connectivity index (χ0v) is 17.1. The Morgan fingerprint density at radius 2 is 1.89 bits per heavy atom. The lowest BCUT2D eigenvalue weighted by Crippen LogP contribution is -2.27. The van der Waals surface area contributed by atoms with Crippen molar-refractivity contribution in [2.24, 2.45) is 0 Å². The van der Waals surface area contributed by atoms with Crippen molar-refractivity contribution in [1.29, 1.82) is 0 Å². The molecule has 1 aromatic heterocycles. The molecular formula is C21H24N4O2S. The summed E-state index contributed by atoms with van der Waals surface area (Å²) >= 11 is 1.63. The number of aryl methyl sites for hydroxylation is 2. The number of nitrogens with one attached hydrogen (secondary N) is 1. The van der Waals surface area contributed by atoms with E-state index < -0.39 is 0 Å². The number of ether oxygens (including phenoxy) is 1. The van der Waals surface area contributed by atoms with Crippen molar-refractivity contribution in [1.82, 2.24) is 20.1 Å². The topological polar surface area (TPSA) is 69.0 Å². The summed E-state index contributed by atoms with van der Waals surface area (Å²) in [7, 11) is 1.49. The van der Waals surface area contributed by atoms with Crippen molar-refractivity contribution in [2.75, 3.05) is 13.7 Å². The molecule has 0 saturated heterocycles. The van der Waals surface area contributed by atoms with Gasteiger partial charge in [0.05, 0.1) is 6.54 Å². The van der Waals surface area contributed by atoms with Gasteiger partial charge in [0.25, 0.3) is 0 Å². The van der Waals surface area contributed by atoms with Crippen LogP contribution in [0.1, 0.15) is 22.5 Å². The van der Waals surface area contributed by atoms with Crippen molar-refractivity contribution in [3.05, 3.63) is 71.0 Å². The van der Waals surface area contributed by atoms with Gasteiger partial charge >= 0.3 is 0 Å². The average molecular weight is 397 g/mol. The lowest BCUT2D eigenvalue weighted by molar-refractivity contribution is -0.124. The first-order chi connectivity index (χ1) is 13.6. The van der Waals surface area contributed by atoms with Crippen LogP contribution in [0.3, 0.4) is 0 Å². The SMILES string of the molecule is COCC(=O)NCc1nnc(SCc2cccc(C)c2)n1-c1ccc(C)cc1. The Bertz CT molecular complexity index is 938. The van der Waals surface area contributed by atoms with E-state index in [0.717, 1.165) is 16.6 Å². The second-order valence-electron chi connectivity index (χ2n) is 6.56. The molecule has 7 heteroatoms. The number of hydrogen-bond acceptors (Lipinski definition) is 5. The van der Waals surface area contributed by atoms with Crippen molar-refractivity contribution in [2.45, 2.75) is 31.3 Å². The van der Waals surface area contributed by atoms with E-state index >= 15 is 0 Å². The zero-order valence-electron chi connectivity index (χ0n) is 16.3. The number of hydrogen-bond donors (Lipinski definition) is 1.